The number of hydrogen-bond acceptors (Lipinski definition) is 2. The van der Waals surface area contributed by atoms with Crippen molar-refractivity contribution in [1.29, 1.82) is 10.8 Å². The molecule has 0 radical (unpaired) electrons. The zero-order chi connectivity index (χ0) is 13.8. The highest BCUT2D eigenvalue weighted by Gasteiger charge is 2.39. The average Bonchev–Trinajstić information content (AvgIpc) is 2.24. The molecule has 0 aliphatic rings. The largest absolute Gasteiger partial charge is 0.487 e. The second-order valence-corrected chi connectivity index (χ2v) is 3.43. The second-order valence-electron chi connectivity index (χ2n) is 3.43. The minimum Gasteiger partial charge on any atom is -0.370 e. The Bertz CT molecular complexity index is 435. The van der Waals surface area contributed by atoms with Crippen LogP contribution in [0.5, 0.6) is 0 Å². The van der Waals surface area contributed by atoms with E-state index in [4.69, 9.17) is 16.6 Å². The van der Waals surface area contributed by atoms with Crippen LogP contribution in [0.4, 0.5) is 13.2 Å². The normalized spacial score (nSPS) is 10.3. The lowest BCUT2D eigenvalue weighted by atomic mass is 10.2. The molecule has 0 unspecified atom stereocenters. The first-order valence-corrected chi connectivity index (χ1v) is 4.88. The van der Waals surface area contributed by atoms with Crippen LogP contribution < -0.4 is 11.1 Å². The second kappa shape index (κ2) is 6.83. The number of rotatable bonds is 2. The van der Waals surface area contributed by atoms with Crippen molar-refractivity contribution in [1.82, 2.24) is 10.2 Å². The smallest absolute Gasteiger partial charge is 0.370 e. The number of benzene rings is 1. The van der Waals surface area contributed by atoms with Gasteiger partial charge in [0.25, 0.3) is 0 Å². The molecular formula is C10H13ClF3N5. The maximum Gasteiger partial charge on any atom is 0.487 e. The van der Waals surface area contributed by atoms with Crippen LogP contribution in [0.3, 0.4) is 0 Å². The molecule has 1 rings (SSSR count). The average molecular weight is 296 g/mol. The van der Waals surface area contributed by atoms with E-state index in [1.165, 1.54) is 12.1 Å². The van der Waals surface area contributed by atoms with Gasteiger partial charge in [0, 0.05) is 0 Å². The van der Waals surface area contributed by atoms with E-state index in [1.54, 1.807) is 18.2 Å². The van der Waals surface area contributed by atoms with Crippen molar-refractivity contribution >= 4 is 24.3 Å². The van der Waals surface area contributed by atoms with Gasteiger partial charge in [-0.25, -0.2) is 4.90 Å². The Hall–Kier alpha value is -1.96. The fraction of sp³-hybridized carbons (Fsp3) is 0.200. The monoisotopic (exact) mass is 295 g/mol. The summed E-state index contributed by atoms with van der Waals surface area (Å²) in [7, 11) is 0. The Morgan fingerprint density at radius 3 is 2.16 bits per heavy atom. The molecule has 5 N–H and O–H groups in total. The molecule has 0 aliphatic heterocycles. The van der Waals surface area contributed by atoms with E-state index in [1.807, 2.05) is 5.32 Å². The summed E-state index contributed by atoms with van der Waals surface area (Å²) < 4.78 is 38.2. The van der Waals surface area contributed by atoms with Crippen molar-refractivity contribution in [2.45, 2.75) is 12.8 Å². The van der Waals surface area contributed by atoms with Crippen molar-refractivity contribution in [3.05, 3.63) is 35.9 Å². The Kier molecular flexibility index (Phi) is 6.13. The third-order valence-corrected chi connectivity index (χ3v) is 2.01. The van der Waals surface area contributed by atoms with Crippen LogP contribution in [0, 0.1) is 10.8 Å². The fourth-order valence-corrected chi connectivity index (χ4v) is 1.26. The molecule has 9 heteroatoms. The van der Waals surface area contributed by atoms with E-state index in [2.05, 4.69) is 0 Å². The molecule has 1 aromatic carbocycles. The first-order chi connectivity index (χ1) is 8.30. The van der Waals surface area contributed by atoms with Gasteiger partial charge in [-0.2, -0.15) is 0 Å². The molecule has 0 saturated heterocycles. The van der Waals surface area contributed by atoms with E-state index < -0.39 is 24.8 Å². The standard InChI is InChI=1S/C10H12F3N5.ClH/c11-10(12,13)18(9(16)17-8(14)15)6-7-4-2-1-3-5-7;/h1-5H,6H2,(H5,14,15,16,17);1H. The molecule has 5 nitrogen and oxygen atoms in total. The van der Waals surface area contributed by atoms with Crippen molar-refractivity contribution in [2.75, 3.05) is 0 Å². The van der Waals surface area contributed by atoms with Gasteiger partial charge < -0.3 is 5.73 Å². The summed E-state index contributed by atoms with van der Waals surface area (Å²) >= 11 is 0. The maximum atomic E-state index is 12.7. The zero-order valence-corrected chi connectivity index (χ0v) is 10.5. The minimum absolute atomic E-state index is 0. The highest BCUT2D eigenvalue weighted by molar-refractivity contribution is 5.94. The SMILES string of the molecule is Cl.N=C(N)NC(=N)N(Cc1ccccc1)C(F)(F)F. The van der Waals surface area contributed by atoms with Gasteiger partial charge in [-0.1, -0.05) is 30.3 Å². The minimum atomic E-state index is -4.73. The molecule has 0 saturated carbocycles. The molecule has 0 heterocycles. The van der Waals surface area contributed by atoms with E-state index in [-0.39, 0.29) is 17.3 Å². The lowest BCUT2D eigenvalue weighted by molar-refractivity contribution is -0.222. The lowest BCUT2D eigenvalue weighted by Crippen LogP contribution is -2.51. The molecule has 0 atom stereocenters. The van der Waals surface area contributed by atoms with Crippen LogP contribution in [0.15, 0.2) is 30.3 Å². The summed E-state index contributed by atoms with van der Waals surface area (Å²) in [5.74, 6) is -1.71. The molecule has 0 fully saturated rings. The molecule has 0 aliphatic carbocycles. The third kappa shape index (κ3) is 5.47. The van der Waals surface area contributed by atoms with Crippen LogP contribution >= 0.6 is 12.4 Å². The van der Waals surface area contributed by atoms with Crippen LogP contribution in [-0.2, 0) is 6.54 Å². The molecule has 0 bridgehead atoms. The lowest BCUT2D eigenvalue weighted by Gasteiger charge is -2.27. The maximum absolute atomic E-state index is 12.7. The van der Waals surface area contributed by atoms with Gasteiger partial charge >= 0.3 is 6.30 Å². The summed E-state index contributed by atoms with van der Waals surface area (Å²) in [6.45, 7) is -0.524. The van der Waals surface area contributed by atoms with E-state index >= 15 is 0 Å². The molecule has 1 aromatic rings. The number of nitrogens with zero attached hydrogens (tertiary/aromatic N) is 1. The highest BCUT2D eigenvalue weighted by Crippen LogP contribution is 2.23. The molecule has 0 spiro atoms. The van der Waals surface area contributed by atoms with Crippen LogP contribution in [0.1, 0.15) is 5.56 Å². The molecule has 106 valence electrons. The Labute approximate surface area is 114 Å². The van der Waals surface area contributed by atoms with Gasteiger partial charge in [-0.3, -0.25) is 16.1 Å². The van der Waals surface area contributed by atoms with E-state index in [0.29, 0.717) is 5.56 Å². The van der Waals surface area contributed by atoms with Gasteiger partial charge in [-0.15, -0.1) is 25.6 Å². The van der Waals surface area contributed by atoms with Crippen LogP contribution in [0.2, 0.25) is 0 Å². The molecule has 19 heavy (non-hydrogen) atoms. The molecule has 0 amide bonds. The zero-order valence-electron chi connectivity index (χ0n) is 9.66. The number of nitrogens with two attached hydrogens (primary N) is 1. The Morgan fingerprint density at radius 2 is 1.74 bits per heavy atom. The number of hydrogen-bond donors (Lipinski definition) is 4. The van der Waals surface area contributed by atoms with Gasteiger partial charge in [0.05, 0.1) is 6.54 Å². The summed E-state index contributed by atoms with van der Waals surface area (Å²) in [5, 5.41) is 15.9. The van der Waals surface area contributed by atoms with Crippen LogP contribution in [-0.4, -0.2) is 23.1 Å². The molecular weight excluding hydrogens is 283 g/mol. The van der Waals surface area contributed by atoms with Gasteiger partial charge in [0.1, 0.15) is 0 Å². The van der Waals surface area contributed by atoms with Crippen molar-refractivity contribution in [2.24, 2.45) is 5.73 Å². The predicted octanol–water partition coefficient (Wildman–Crippen LogP) is 1.85. The van der Waals surface area contributed by atoms with Gasteiger partial charge in [-0.05, 0) is 5.56 Å². The van der Waals surface area contributed by atoms with Crippen molar-refractivity contribution in [3.63, 3.8) is 0 Å². The summed E-state index contributed by atoms with van der Waals surface area (Å²) in [6, 6.07) is 7.91. The topological polar surface area (TPSA) is 89.0 Å². The quantitative estimate of drug-likeness (QED) is 0.381. The predicted molar refractivity (Wildman–Crippen MR) is 68.1 cm³/mol. The molecule has 0 aromatic heterocycles. The van der Waals surface area contributed by atoms with E-state index in [9.17, 15) is 13.2 Å². The Balaban J connectivity index is 0.00000324. The first-order valence-electron chi connectivity index (χ1n) is 4.88. The Morgan fingerprint density at radius 1 is 1.21 bits per heavy atom. The third-order valence-electron chi connectivity index (χ3n) is 2.01. The van der Waals surface area contributed by atoms with Gasteiger partial charge in [0.15, 0.2) is 5.96 Å². The first kappa shape index (κ1) is 17.0. The number of halogens is 4. The highest BCUT2D eigenvalue weighted by atomic mass is 35.5. The summed E-state index contributed by atoms with van der Waals surface area (Å²) in [4.78, 5) is -0.135. The van der Waals surface area contributed by atoms with Crippen molar-refractivity contribution < 1.29 is 13.2 Å². The number of nitrogens with one attached hydrogen (secondary N) is 3. The fourth-order valence-electron chi connectivity index (χ4n) is 1.26. The van der Waals surface area contributed by atoms with Crippen molar-refractivity contribution in [3.8, 4) is 0 Å². The summed E-state index contributed by atoms with van der Waals surface area (Å²) in [5.41, 5.74) is 5.30. The van der Waals surface area contributed by atoms with Crippen LogP contribution in [0.25, 0.3) is 0 Å². The van der Waals surface area contributed by atoms with Gasteiger partial charge in [0.2, 0.25) is 5.96 Å². The van der Waals surface area contributed by atoms with E-state index in [0.717, 1.165) is 0 Å². The number of alkyl halides is 3. The number of guanidine groups is 2. The summed E-state index contributed by atoms with van der Waals surface area (Å²) in [6.07, 6.45) is -4.73.